The van der Waals surface area contributed by atoms with Crippen LogP contribution in [0.25, 0.3) is 0 Å². The topological polar surface area (TPSA) is 81.6 Å². The number of hydrogen-bond acceptors (Lipinski definition) is 5. The van der Waals surface area contributed by atoms with Crippen molar-refractivity contribution >= 4 is 0 Å². The molecule has 0 fully saturated rings. The van der Waals surface area contributed by atoms with Crippen molar-refractivity contribution in [2.45, 2.75) is 45.9 Å². The summed E-state index contributed by atoms with van der Waals surface area (Å²) in [5.74, 6) is 0. The summed E-state index contributed by atoms with van der Waals surface area (Å²) in [4.78, 5) is 7.97. The zero-order valence-electron chi connectivity index (χ0n) is 14.9. The highest BCUT2D eigenvalue weighted by Crippen LogP contribution is 2.37. The summed E-state index contributed by atoms with van der Waals surface area (Å²) in [6.07, 6.45) is 6.92. The molecule has 0 atom stereocenters. The Balaban J connectivity index is 1.89. The standard InChI is InChI=1S/C18H24N6O/c1-15-4-6-16(7-5-15)8-17(2,3)18(25,9-23-13-19-11-21-23)10-24-14-20-12-22-24/h4-7,11-14,25H,8-10H2,1-3H3. The molecule has 3 rings (SSSR count). The molecule has 0 radical (unpaired) electrons. The minimum Gasteiger partial charge on any atom is -0.385 e. The Morgan fingerprint density at radius 2 is 1.44 bits per heavy atom. The summed E-state index contributed by atoms with van der Waals surface area (Å²) in [6.45, 7) is 6.86. The molecule has 0 saturated carbocycles. The summed E-state index contributed by atoms with van der Waals surface area (Å²) in [5, 5.41) is 19.9. The third-order valence-electron chi connectivity index (χ3n) is 4.81. The van der Waals surface area contributed by atoms with Crippen molar-refractivity contribution in [3.63, 3.8) is 0 Å². The second-order valence-corrected chi connectivity index (χ2v) is 7.26. The molecule has 0 spiro atoms. The van der Waals surface area contributed by atoms with Crippen molar-refractivity contribution < 1.29 is 5.11 Å². The molecule has 132 valence electrons. The predicted molar refractivity (Wildman–Crippen MR) is 93.7 cm³/mol. The van der Waals surface area contributed by atoms with Crippen molar-refractivity contribution in [3.05, 3.63) is 60.7 Å². The van der Waals surface area contributed by atoms with Gasteiger partial charge < -0.3 is 5.11 Å². The first-order chi connectivity index (χ1) is 11.9. The maximum absolute atomic E-state index is 11.6. The van der Waals surface area contributed by atoms with Crippen molar-refractivity contribution in [2.75, 3.05) is 0 Å². The summed E-state index contributed by atoms with van der Waals surface area (Å²) in [7, 11) is 0. The van der Waals surface area contributed by atoms with Gasteiger partial charge in [0, 0.05) is 5.41 Å². The minimum atomic E-state index is -1.08. The number of benzene rings is 1. The molecule has 1 aromatic carbocycles. The van der Waals surface area contributed by atoms with E-state index in [-0.39, 0.29) is 0 Å². The van der Waals surface area contributed by atoms with Crippen LogP contribution in [-0.4, -0.2) is 40.2 Å². The Bertz CT molecular complexity index is 741. The normalized spacial score (nSPS) is 12.5. The summed E-state index contributed by atoms with van der Waals surface area (Å²) >= 11 is 0. The highest BCUT2D eigenvalue weighted by Gasteiger charge is 2.44. The van der Waals surface area contributed by atoms with E-state index in [0.29, 0.717) is 13.1 Å². The lowest BCUT2D eigenvalue weighted by Gasteiger charge is -2.42. The molecular formula is C18H24N6O. The third-order valence-corrected chi connectivity index (χ3v) is 4.81. The van der Waals surface area contributed by atoms with Crippen LogP contribution >= 0.6 is 0 Å². The fraction of sp³-hybridized carbons (Fsp3) is 0.444. The van der Waals surface area contributed by atoms with Gasteiger partial charge in [-0.05, 0) is 18.9 Å². The van der Waals surface area contributed by atoms with Crippen molar-refractivity contribution in [1.29, 1.82) is 0 Å². The molecule has 2 heterocycles. The zero-order chi connectivity index (χ0) is 17.9. The molecule has 7 heteroatoms. The molecule has 1 N–H and O–H groups in total. The molecule has 25 heavy (non-hydrogen) atoms. The lowest BCUT2D eigenvalue weighted by molar-refractivity contribution is -0.0967. The monoisotopic (exact) mass is 340 g/mol. The Morgan fingerprint density at radius 3 is 1.88 bits per heavy atom. The van der Waals surface area contributed by atoms with E-state index < -0.39 is 11.0 Å². The van der Waals surface area contributed by atoms with E-state index in [1.165, 1.54) is 23.8 Å². The van der Waals surface area contributed by atoms with E-state index in [2.05, 4.69) is 65.2 Å². The Labute approximate surface area is 147 Å². The summed E-state index contributed by atoms with van der Waals surface area (Å²) < 4.78 is 3.32. The third kappa shape index (κ3) is 3.93. The summed E-state index contributed by atoms with van der Waals surface area (Å²) in [5.41, 5.74) is 0.896. The van der Waals surface area contributed by atoms with Gasteiger partial charge in [0.2, 0.25) is 0 Å². The average molecular weight is 340 g/mol. The van der Waals surface area contributed by atoms with Gasteiger partial charge in [0.15, 0.2) is 0 Å². The fourth-order valence-corrected chi connectivity index (χ4v) is 3.02. The molecular weight excluding hydrogens is 316 g/mol. The Hall–Kier alpha value is -2.54. The SMILES string of the molecule is Cc1ccc(CC(C)(C)C(O)(Cn2cncn2)Cn2cncn2)cc1. The van der Waals surface area contributed by atoms with Gasteiger partial charge in [0.1, 0.15) is 30.9 Å². The van der Waals surface area contributed by atoms with Gasteiger partial charge in [-0.3, -0.25) is 0 Å². The second-order valence-electron chi connectivity index (χ2n) is 7.26. The fourth-order valence-electron chi connectivity index (χ4n) is 3.02. The predicted octanol–water partition coefficient (Wildman–Crippen LogP) is 1.88. The van der Waals surface area contributed by atoms with Gasteiger partial charge >= 0.3 is 0 Å². The number of aryl methyl sites for hydroxylation is 1. The maximum Gasteiger partial charge on any atom is 0.137 e. The maximum atomic E-state index is 11.6. The van der Waals surface area contributed by atoms with Crippen molar-refractivity contribution in [2.24, 2.45) is 5.41 Å². The first kappa shape index (κ1) is 17.3. The van der Waals surface area contributed by atoms with E-state index in [1.807, 2.05) is 0 Å². The van der Waals surface area contributed by atoms with Crippen LogP contribution in [0.2, 0.25) is 0 Å². The molecule has 0 bridgehead atoms. The van der Waals surface area contributed by atoms with Gasteiger partial charge in [-0.1, -0.05) is 43.7 Å². The molecule has 3 aromatic rings. The Kier molecular flexibility index (Phi) is 4.67. The second kappa shape index (κ2) is 6.76. The van der Waals surface area contributed by atoms with Crippen LogP contribution in [0.5, 0.6) is 0 Å². The van der Waals surface area contributed by atoms with Gasteiger partial charge in [-0.2, -0.15) is 10.2 Å². The number of rotatable bonds is 7. The highest BCUT2D eigenvalue weighted by atomic mass is 16.3. The molecule has 0 aliphatic heterocycles. The van der Waals surface area contributed by atoms with Crippen LogP contribution < -0.4 is 0 Å². The van der Waals surface area contributed by atoms with E-state index >= 15 is 0 Å². The largest absolute Gasteiger partial charge is 0.385 e. The molecule has 2 aromatic heterocycles. The van der Waals surface area contributed by atoms with E-state index in [0.717, 1.165) is 6.42 Å². The smallest absolute Gasteiger partial charge is 0.137 e. The number of aliphatic hydroxyl groups is 1. The molecule has 0 amide bonds. The van der Waals surface area contributed by atoms with E-state index in [4.69, 9.17) is 0 Å². The number of hydrogen-bond donors (Lipinski definition) is 1. The van der Waals surface area contributed by atoms with E-state index in [9.17, 15) is 5.11 Å². The first-order valence-corrected chi connectivity index (χ1v) is 8.31. The van der Waals surface area contributed by atoms with Gasteiger partial charge in [0.25, 0.3) is 0 Å². The van der Waals surface area contributed by atoms with Crippen molar-refractivity contribution in [1.82, 2.24) is 29.5 Å². The molecule has 0 aliphatic rings. The van der Waals surface area contributed by atoms with Crippen LogP contribution in [0.3, 0.4) is 0 Å². The van der Waals surface area contributed by atoms with Gasteiger partial charge in [-0.25, -0.2) is 19.3 Å². The van der Waals surface area contributed by atoms with Crippen LogP contribution in [0.15, 0.2) is 49.6 Å². The van der Waals surface area contributed by atoms with E-state index in [1.54, 1.807) is 22.0 Å². The molecule has 0 unspecified atom stereocenters. The minimum absolute atomic E-state index is 0.325. The molecule has 0 saturated heterocycles. The summed E-state index contributed by atoms with van der Waals surface area (Å²) in [6, 6.07) is 8.42. The number of nitrogens with zero attached hydrogens (tertiary/aromatic N) is 6. The molecule has 0 aliphatic carbocycles. The Morgan fingerprint density at radius 1 is 0.920 bits per heavy atom. The van der Waals surface area contributed by atoms with Crippen molar-refractivity contribution in [3.8, 4) is 0 Å². The zero-order valence-corrected chi connectivity index (χ0v) is 14.9. The number of aromatic nitrogens is 6. The van der Waals surface area contributed by atoms with Crippen LogP contribution in [-0.2, 0) is 19.5 Å². The molecule has 7 nitrogen and oxygen atoms in total. The van der Waals surface area contributed by atoms with Gasteiger partial charge in [-0.15, -0.1) is 0 Å². The quantitative estimate of drug-likeness (QED) is 0.710. The highest BCUT2D eigenvalue weighted by molar-refractivity contribution is 5.23. The lowest BCUT2D eigenvalue weighted by atomic mass is 9.70. The van der Waals surface area contributed by atoms with Crippen LogP contribution in [0, 0.1) is 12.3 Å². The van der Waals surface area contributed by atoms with Gasteiger partial charge in [0.05, 0.1) is 13.1 Å². The first-order valence-electron chi connectivity index (χ1n) is 8.31. The van der Waals surface area contributed by atoms with Crippen LogP contribution in [0.1, 0.15) is 25.0 Å². The lowest BCUT2D eigenvalue weighted by Crippen LogP contribution is -2.52. The average Bonchev–Trinajstić information content (AvgIpc) is 3.23. The van der Waals surface area contributed by atoms with Crippen LogP contribution in [0.4, 0.5) is 0 Å².